The van der Waals surface area contributed by atoms with Crippen molar-refractivity contribution in [3.8, 4) is 0 Å². The van der Waals surface area contributed by atoms with Crippen LogP contribution in [0.25, 0.3) is 0 Å². The maximum atomic E-state index is 12.1. The lowest BCUT2D eigenvalue weighted by molar-refractivity contribution is -0.141. The molecule has 0 spiro atoms. The van der Waals surface area contributed by atoms with Crippen molar-refractivity contribution in [3.05, 3.63) is 0 Å². The number of hydrogen-bond donors (Lipinski definition) is 3. The Morgan fingerprint density at radius 1 is 1.47 bits per heavy atom. The van der Waals surface area contributed by atoms with E-state index in [1.807, 2.05) is 13.8 Å². The molecule has 19 heavy (non-hydrogen) atoms. The van der Waals surface area contributed by atoms with Crippen molar-refractivity contribution in [2.24, 2.45) is 5.92 Å². The molecular weight excluding hydrogens is 252 g/mol. The number of aliphatic carboxylic acids is 1. The highest BCUT2D eigenvalue weighted by Crippen LogP contribution is 2.18. The number of aliphatic hydroxyl groups excluding tert-OH is 1. The molecule has 3 atom stereocenters. The van der Waals surface area contributed by atoms with Gasteiger partial charge in [0, 0.05) is 20.1 Å². The van der Waals surface area contributed by atoms with Crippen LogP contribution in [0.15, 0.2) is 0 Å². The zero-order valence-corrected chi connectivity index (χ0v) is 11.5. The number of hydrogen-bond acceptors (Lipinski definition) is 4. The Bertz CT molecular complexity index is 334. The van der Waals surface area contributed by atoms with Crippen LogP contribution in [0.2, 0.25) is 0 Å². The number of amides is 2. The van der Waals surface area contributed by atoms with Gasteiger partial charge in [0.05, 0.1) is 18.8 Å². The number of β-amino-alcohol motifs (C(OH)–C–C–N with tert-alkyl or cyclic N) is 1. The molecule has 0 aromatic heterocycles. The summed E-state index contributed by atoms with van der Waals surface area (Å²) in [4.78, 5) is 24.3. The molecule has 7 heteroatoms. The summed E-state index contributed by atoms with van der Waals surface area (Å²) >= 11 is 0. The number of likely N-dealkylation sites (tertiary alicyclic amines) is 1. The van der Waals surface area contributed by atoms with Crippen molar-refractivity contribution >= 4 is 12.0 Å². The summed E-state index contributed by atoms with van der Waals surface area (Å²) in [5.74, 6) is -0.931. The van der Waals surface area contributed by atoms with Gasteiger partial charge in [0.15, 0.2) is 0 Å². The van der Waals surface area contributed by atoms with E-state index >= 15 is 0 Å². The fourth-order valence-corrected chi connectivity index (χ4v) is 2.09. The van der Waals surface area contributed by atoms with Crippen molar-refractivity contribution in [3.63, 3.8) is 0 Å². The molecule has 0 saturated carbocycles. The second-order valence-corrected chi connectivity index (χ2v) is 5.15. The van der Waals surface area contributed by atoms with E-state index in [1.54, 1.807) is 7.11 Å². The number of nitrogens with zero attached hydrogens (tertiary/aromatic N) is 1. The molecule has 1 aliphatic rings. The number of carboxylic acid groups (broad SMARTS) is 1. The fraction of sp³-hybridized carbons (Fsp3) is 0.833. The molecular formula is C12H22N2O5. The average molecular weight is 274 g/mol. The predicted molar refractivity (Wildman–Crippen MR) is 67.8 cm³/mol. The summed E-state index contributed by atoms with van der Waals surface area (Å²) in [7, 11) is 1.54. The van der Waals surface area contributed by atoms with Crippen LogP contribution in [0.5, 0.6) is 0 Å². The summed E-state index contributed by atoms with van der Waals surface area (Å²) in [6, 6.07) is -1.63. The molecule has 7 nitrogen and oxygen atoms in total. The minimum absolute atomic E-state index is 0.0423. The number of carbonyl (C=O) groups excluding carboxylic acids is 1. The zero-order valence-electron chi connectivity index (χ0n) is 11.5. The van der Waals surface area contributed by atoms with Gasteiger partial charge in [-0.1, -0.05) is 13.8 Å². The van der Waals surface area contributed by atoms with Gasteiger partial charge in [0.2, 0.25) is 0 Å². The molecule has 3 unspecified atom stereocenters. The predicted octanol–water partition coefficient (Wildman–Crippen LogP) is -0.113. The third kappa shape index (κ3) is 4.07. The first-order chi connectivity index (χ1) is 8.86. The molecule has 0 bridgehead atoms. The topological polar surface area (TPSA) is 99.1 Å². The number of carboxylic acids is 1. The maximum absolute atomic E-state index is 12.1. The molecule has 1 heterocycles. The van der Waals surface area contributed by atoms with E-state index in [0.717, 1.165) is 4.90 Å². The Balaban J connectivity index is 2.67. The molecule has 1 rings (SSSR count). The van der Waals surface area contributed by atoms with Gasteiger partial charge in [0.25, 0.3) is 0 Å². The Morgan fingerprint density at radius 3 is 2.58 bits per heavy atom. The van der Waals surface area contributed by atoms with Crippen LogP contribution in [-0.4, -0.2) is 65.6 Å². The van der Waals surface area contributed by atoms with Crippen LogP contribution in [0, 0.1) is 5.92 Å². The van der Waals surface area contributed by atoms with Crippen LogP contribution >= 0.6 is 0 Å². The summed E-state index contributed by atoms with van der Waals surface area (Å²) in [5.41, 5.74) is 0. The molecule has 2 amide bonds. The van der Waals surface area contributed by atoms with E-state index < -0.39 is 24.1 Å². The molecule has 0 aliphatic carbocycles. The first-order valence-corrected chi connectivity index (χ1v) is 6.33. The van der Waals surface area contributed by atoms with Crippen LogP contribution in [-0.2, 0) is 9.53 Å². The van der Waals surface area contributed by atoms with E-state index in [-0.39, 0.29) is 24.9 Å². The number of ether oxygens (including phenoxy) is 1. The summed E-state index contributed by atoms with van der Waals surface area (Å²) in [6.07, 6.45) is -0.717. The minimum Gasteiger partial charge on any atom is -0.480 e. The standard InChI is InChI=1S/C12H22N2O5/c1-7(2)9(6-19-3)13-12(18)14-5-8(15)4-10(14)11(16)17/h7-10,15H,4-6H2,1-3H3,(H,13,18)(H,16,17). The van der Waals surface area contributed by atoms with Gasteiger partial charge in [-0.3, -0.25) is 0 Å². The van der Waals surface area contributed by atoms with Crippen molar-refractivity contribution in [1.29, 1.82) is 0 Å². The highest BCUT2D eigenvalue weighted by atomic mass is 16.5. The second kappa shape index (κ2) is 6.72. The lowest BCUT2D eigenvalue weighted by Crippen LogP contribution is -2.51. The van der Waals surface area contributed by atoms with Crippen LogP contribution in [0.4, 0.5) is 4.79 Å². The molecule has 0 aromatic carbocycles. The molecule has 3 N–H and O–H groups in total. The lowest BCUT2D eigenvalue weighted by Gasteiger charge is -2.27. The average Bonchev–Trinajstić information content (AvgIpc) is 2.70. The Kier molecular flexibility index (Phi) is 5.56. The van der Waals surface area contributed by atoms with Gasteiger partial charge in [-0.15, -0.1) is 0 Å². The van der Waals surface area contributed by atoms with Crippen LogP contribution in [0.1, 0.15) is 20.3 Å². The Morgan fingerprint density at radius 2 is 2.11 bits per heavy atom. The largest absolute Gasteiger partial charge is 0.480 e. The zero-order chi connectivity index (χ0) is 14.6. The quantitative estimate of drug-likeness (QED) is 0.649. The van der Waals surface area contributed by atoms with Crippen molar-refractivity contribution in [2.45, 2.75) is 38.5 Å². The monoisotopic (exact) mass is 274 g/mol. The Hall–Kier alpha value is -1.34. The molecule has 1 aliphatic heterocycles. The van der Waals surface area contributed by atoms with Crippen molar-refractivity contribution < 1.29 is 24.5 Å². The van der Waals surface area contributed by atoms with Crippen LogP contribution in [0.3, 0.4) is 0 Å². The summed E-state index contributed by atoms with van der Waals surface area (Å²) in [5, 5.41) is 21.3. The number of urea groups is 1. The van der Waals surface area contributed by atoms with E-state index in [2.05, 4.69) is 5.32 Å². The number of nitrogens with one attached hydrogen (secondary N) is 1. The summed E-state index contributed by atoms with van der Waals surface area (Å²) < 4.78 is 5.03. The van der Waals surface area contributed by atoms with E-state index in [1.165, 1.54) is 0 Å². The summed E-state index contributed by atoms with van der Waals surface area (Å²) in [6.45, 7) is 4.28. The molecule has 1 fully saturated rings. The lowest BCUT2D eigenvalue weighted by atomic mass is 10.1. The van der Waals surface area contributed by atoms with Crippen molar-refractivity contribution in [1.82, 2.24) is 10.2 Å². The minimum atomic E-state index is -1.10. The van der Waals surface area contributed by atoms with Gasteiger partial charge in [-0.2, -0.15) is 0 Å². The first kappa shape index (κ1) is 15.7. The van der Waals surface area contributed by atoms with E-state index in [9.17, 15) is 14.7 Å². The van der Waals surface area contributed by atoms with E-state index in [4.69, 9.17) is 9.84 Å². The molecule has 0 radical (unpaired) electrons. The van der Waals surface area contributed by atoms with Crippen molar-refractivity contribution in [2.75, 3.05) is 20.3 Å². The smallest absolute Gasteiger partial charge is 0.326 e. The number of carbonyl (C=O) groups is 2. The Labute approximate surface area is 112 Å². The number of methoxy groups -OCH3 is 1. The van der Waals surface area contributed by atoms with E-state index in [0.29, 0.717) is 6.61 Å². The number of rotatable bonds is 5. The first-order valence-electron chi connectivity index (χ1n) is 6.33. The molecule has 1 saturated heterocycles. The normalized spacial score (nSPS) is 24.6. The second-order valence-electron chi connectivity index (χ2n) is 5.15. The maximum Gasteiger partial charge on any atom is 0.326 e. The fourth-order valence-electron chi connectivity index (χ4n) is 2.09. The molecule has 0 aromatic rings. The third-order valence-electron chi connectivity index (χ3n) is 3.28. The van der Waals surface area contributed by atoms with Gasteiger partial charge >= 0.3 is 12.0 Å². The number of aliphatic hydroxyl groups is 1. The van der Waals surface area contributed by atoms with Crippen LogP contribution < -0.4 is 5.32 Å². The SMILES string of the molecule is COCC(NC(=O)N1CC(O)CC1C(=O)O)C(C)C. The highest BCUT2D eigenvalue weighted by molar-refractivity contribution is 5.83. The van der Waals surface area contributed by atoms with Gasteiger partial charge in [-0.25, -0.2) is 9.59 Å². The van der Waals surface area contributed by atoms with Gasteiger partial charge in [-0.05, 0) is 5.92 Å². The van der Waals surface area contributed by atoms with Gasteiger partial charge < -0.3 is 25.2 Å². The highest BCUT2D eigenvalue weighted by Gasteiger charge is 2.39. The molecule has 110 valence electrons. The third-order valence-corrected chi connectivity index (χ3v) is 3.28. The van der Waals surface area contributed by atoms with Gasteiger partial charge in [0.1, 0.15) is 6.04 Å².